The molecule has 0 aromatic heterocycles. The number of ether oxygens (including phenoxy) is 3. The Bertz CT molecular complexity index is 515. The van der Waals surface area contributed by atoms with E-state index in [0.29, 0.717) is 32.9 Å². The van der Waals surface area contributed by atoms with Crippen LogP contribution in [-0.2, 0) is 11.3 Å². The van der Waals surface area contributed by atoms with Crippen LogP contribution in [0.4, 0.5) is 0 Å². The van der Waals surface area contributed by atoms with E-state index < -0.39 is 5.60 Å². The molecule has 2 heterocycles. The Labute approximate surface area is 137 Å². The summed E-state index contributed by atoms with van der Waals surface area (Å²) in [5.74, 6) is 1.59. The molecule has 23 heavy (non-hydrogen) atoms. The van der Waals surface area contributed by atoms with E-state index in [9.17, 15) is 5.11 Å². The lowest BCUT2D eigenvalue weighted by atomic mass is 10.0. The second kappa shape index (κ2) is 7.49. The monoisotopic (exact) mass is 322 g/mol. The number of rotatable bonds is 3. The topological polar surface area (TPSA) is 63.2 Å². The van der Waals surface area contributed by atoms with Crippen LogP contribution >= 0.6 is 0 Å². The van der Waals surface area contributed by atoms with Crippen LogP contribution in [0.3, 0.4) is 0 Å². The SMILES string of the molecule is COc1cccc2c1OCCCN(C[C@@]1(O)CNCCOC1)C2. The molecule has 0 unspecified atom stereocenters. The van der Waals surface area contributed by atoms with Crippen LogP contribution < -0.4 is 14.8 Å². The first kappa shape index (κ1) is 16.5. The van der Waals surface area contributed by atoms with E-state index in [1.54, 1.807) is 7.11 Å². The molecule has 6 heteroatoms. The van der Waals surface area contributed by atoms with Crippen LogP contribution in [0.2, 0.25) is 0 Å². The molecule has 2 aliphatic rings. The van der Waals surface area contributed by atoms with Crippen molar-refractivity contribution in [1.29, 1.82) is 0 Å². The van der Waals surface area contributed by atoms with Gasteiger partial charge in [-0.2, -0.15) is 0 Å². The Morgan fingerprint density at radius 2 is 2.30 bits per heavy atom. The zero-order valence-corrected chi connectivity index (χ0v) is 13.7. The van der Waals surface area contributed by atoms with Crippen LogP contribution in [0.1, 0.15) is 12.0 Å². The molecule has 0 aliphatic carbocycles. The fraction of sp³-hybridized carbons (Fsp3) is 0.647. The van der Waals surface area contributed by atoms with Crippen molar-refractivity contribution in [3.63, 3.8) is 0 Å². The van der Waals surface area contributed by atoms with Crippen molar-refractivity contribution in [1.82, 2.24) is 10.2 Å². The number of nitrogens with zero attached hydrogens (tertiary/aromatic N) is 1. The van der Waals surface area contributed by atoms with Crippen LogP contribution in [-0.4, -0.2) is 68.7 Å². The third kappa shape index (κ3) is 4.14. The van der Waals surface area contributed by atoms with Crippen LogP contribution in [0.25, 0.3) is 0 Å². The van der Waals surface area contributed by atoms with Crippen molar-refractivity contribution < 1.29 is 19.3 Å². The Hall–Kier alpha value is -1.34. The molecule has 1 aromatic rings. The van der Waals surface area contributed by atoms with Crippen LogP contribution in [0.15, 0.2) is 18.2 Å². The quantitative estimate of drug-likeness (QED) is 0.851. The molecular formula is C17H26N2O4. The lowest BCUT2D eigenvalue weighted by Crippen LogP contribution is -2.51. The first-order valence-corrected chi connectivity index (χ1v) is 8.22. The van der Waals surface area contributed by atoms with Crippen LogP contribution in [0.5, 0.6) is 11.5 Å². The van der Waals surface area contributed by atoms with E-state index >= 15 is 0 Å². The second-order valence-corrected chi connectivity index (χ2v) is 6.31. The number of aliphatic hydroxyl groups is 1. The highest BCUT2D eigenvalue weighted by Gasteiger charge is 2.32. The van der Waals surface area contributed by atoms with Crippen molar-refractivity contribution in [2.45, 2.75) is 18.6 Å². The smallest absolute Gasteiger partial charge is 0.165 e. The van der Waals surface area contributed by atoms with Gasteiger partial charge < -0.3 is 24.6 Å². The Kier molecular flexibility index (Phi) is 5.38. The van der Waals surface area contributed by atoms with Gasteiger partial charge in [0.2, 0.25) is 0 Å². The molecule has 0 bridgehead atoms. The number of para-hydroxylation sites is 1. The summed E-state index contributed by atoms with van der Waals surface area (Å²) in [4.78, 5) is 2.27. The summed E-state index contributed by atoms with van der Waals surface area (Å²) in [5.41, 5.74) is 0.241. The number of benzene rings is 1. The predicted molar refractivity (Wildman–Crippen MR) is 87.0 cm³/mol. The normalized spacial score (nSPS) is 26.3. The average molecular weight is 322 g/mol. The van der Waals surface area contributed by atoms with E-state index in [1.807, 2.05) is 12.1 Å². The minimum atomic E-state index is -0.852. The molecule has 1 atom stereocenters. The van der Waals surface area contributed by atoms with Gasteiger partial charge in [0.25, 0.3) is 0 Å². The van der Waals surface area contributed by atoms with E-state index in [0.717, 1.165) is 43.1 Å². The summed E-state index contributed by atoms with van der Waals surface area (Å²) in [5, 5.41) is 14.1. The van der Waals surface area contributed by atoms with Crippen LogP contribution in [0, 0.1) is 0 Å². The lowest BCUT2D eigenvalue weighted by molar-refractivity contribution is -0.0514. The maximum Gasteiger partial charge on any atom is 0.165 e. The summed E-state index contributed by atoms with van der Waals surface area (Å²) in [6.07, 6.45) is 0.919. The van der Waals surface area contributed by atoms with E-state index in [4.69, 9.17) is 14.2 Å². The van der Waals surface area contributed by atoms with E-state index in [1.165, 1.54) is 0 Å². The number of fused-ring (bicyclic) bond motifs is 1. The van der Waals surface area contributed by atoms with Gasteiger partial charge in [-0.05, 0) is 12.5 Å². The molecule has 0 amide bonds. The number of hydrogen-bond donors (Lipinski definition) is 2. The summed E-state index contributed by atoms with van der Waals surface area (Å²) in [6.45, 7) is 5.22. The lowest BCUT2D eigenvalue weighted by Gasteiger charge is -2.34. The van der Waals surface area contributed by atoms with Gasteiger partial charge in [-0.15, -0.1) is 0 Å². The summed E-state index contributed by atoms with van der Waals surface area (Å²) in [6, 6.07) is 5.95. The van der Waals surface area contributed by atoms with Gasteiger partial charge in [-0.25, -0.2) is 0 Å². The first-order chi connectivity index (χ1) is 11.2. The second-order valence-electron chi connectivity index (χ2n) is 6.31. The van der Waals surface area contributed by atoms with Gasteiger partial charge in [0.15, 0.2) is 11.5 Å². The zero-order chi connectivity index (χ0) is 16.1. The highest BCUT2D eigenvalue weighted by atomic mass is 16.5. The minimum Gasteiger partial charge on any atom is -0.493 e. The summed E-state index contributed by atoms with van der Waals surface area (Å²) < 4.78 is 16.8. The number of β-amino-alcohol motifs (C(OH)–C–C–N with tert-alkyl or cyclic N) is 1. The summed E-state index contributed by atoms with van der Waals surface area (Å²) >= 11 is 0. The molecule has 0 saturated carbocycles. The summed E-state index contributed by atoms with van der Waals surface area (Å²) in [7, 11) is 1.66. The molecule has 2 N–H and O–H groups in total. The number of nitrogens with one attached hydrogen (secondary N) is 1. The Morgan fingerprint density at radius 3 is 3.17 bits per heavy atom. The molecule has 6 nitrogen and oxygen atoms in total. The molecule has 2 aliphatic heterocycles. The maximum absolute atomic E-state index is 10.8. The van der Waals surface area contributed by atoms with Gasteiger partial charge in [-0.1, -0.05) is 12.1 Å². The predicted octanol–water partition coefficient (Wildman–Crippen LogP) is 0.631. The largest absolute Gasteiger partial charge is 0.493 e. The Balaban J connectivity index is 1.75. The fourth-order valence-electron chi connectivity index (χ4n) is 3.22. The third-order valence-corrected chi connectivity index (χ3v) is 4.31. The van der Waals surface area contributed by atoms with Crippen molar-refractivity contribution >= 4 is 0 Å². The molecule has 1 aromatic carbocycles. The number of hydrogen-bond acceptors (Lipinski definition) is 6. The van der Waals surface area contributed by atoms with Crippen molar-refractivity contribution in [2.24, 2.45) is 0 Å². The van der Waals surface area contributed by atoms with E-state index in [2.05, 4.69) is 16.3 Å². The van der Waals surface area contributed by atoms with Crippen molar-refractivity contribution in [3.05, 3.63) is 23.8 Å². The molecular weight excluding hydrogens is 296 g/mol. The molecule has 1 saturated heterocycles. The van der Waals surface area contributed by atoms with Crippen molar-refractivity contribution in [2.75, 3.05) is 53.1 Å². The van der Waals surface area contributed by atoms with Gasteiger partial charge in [0.05, 0.1) is 26.9 Å². The fourth-order valence-corrected chi connectivity index (χ4v) is 3.22. The molecule has 0 radical (unpaired) electrons. The molecule has 3 rings (SSSR count). The highest BCUT2D eigenvalue weighted by Crippen LogP contribution is 2.33. The zero-order valence-electron chi connectivity index (χ0n) is 13.7. The van der Waals surface area contributed by atoms with Gasteiger partial charge in [0.1, 0.15) is 5.60 Å². The highest BCUT2D eigenvalue weighted by molar-refractivity contribution is 5.46. The molecule has 128 valence electrons. The minimum absolute atomic E-state index is 0.373. The van der Waals surface area contributed by atoms with E-state index in [-0.39, 0.29) is 0 Å². The molecule has 0 spiro atoms. The van der Waals surface area contributed by atoms with Gasteiger partial charge >= 0.3 is 0 Å². The Morgan fingerprint density at radius 1 is 1.39 bits per heavy atom. The average Bonchev–Trinajstić information content (AvgIpc) is 2.74. The first-order valence-electron chi connectivity index (χ1n) is 8.22. The standard InChI is InChI=1S/C17H26N2O4/c1-21-15-5-2-4-14-10-19(7-3-8-23-16(14)15)12-17(20)11-18-6-9-22-13-17/h2,4-5,18,20H,3,6-13H2,1H3/t17-/m0/s1. The van der Waals surface area contributed by atoms with Crippen molar-refractivity contribution in [3.8, 4) is 11.5 Å². The maximum atomic E-state index is 10.8. The molecule has 1 fully saturated rings. The van der Waals surface area contributed by atoms with Gasteiger partial charge in [0, 0.05) is 38.3 Å². The third-order valence-electron chi connectivity index (χ3n) is 4.31. The number of methoxy groups -OCH3 is 1. The van der Waals surface area contributed by atoms with Gasteiger partial charge in [-0.3, -0.25) is 4.90 Å².